The van der Waals surface area contributed by atoms with Crippen molar-refractivity contribution in [3.8, 4) is 0 Å². The van der Waals surface area contributed by atoms with Gasteiger partial charge in [0.15, 0.2) is 5.96 Å². The fourth-order valence-electron chi connectivity index (χ4n) is 5.05. The Balaban J connectivity index is 0.00000261. The summed E-state index contributed by atoms with van der Waals surface area (Å²) in [6, 6.07) is 0.463. The number of fused-ring (bicyclic) bond motifs is 1. The Morgan fingerprint density at radius 2 is 1.89 bits per heavy atom. The van der Waals surface area contributed by atoms with E-state index in [2.05, 4.69) is 29.5 Å². The monoisotopic (exact) mass is 493 g/mol. The molecule has 0 bridgehead atoms. The Kier molecular flexibility index (Phi) is 9.62. The summed E-state index contributed by atoms with van der Waals surface area (Å²) in [5.41, 5.74) is 0.190. The minimum absolute atomic E-state index is 0. The van der Waals surface area contributed by atoms with Crippen molar-refractivity contribution in [2.45, 2.75) is 89.9 Å². The van der Waals surface area contributed by atoms with Crippen LogP contribution in [0.5, 0.6) is 0 Å². The molecule has 6 heteroatoms. The van der Waals surface area contributed by atoms with Gasteiger partial charge in [0.2, 0.25) is 0 Å². The molecule has 0 amide bonds. The number of guanidine groups is 1. The Hall–Kier alpha value is -0.0800. The van der Waals surface area contributed by atoms with Crippen molar-refractivity contribution < 1.29 is 9.47 Å². The minimum Gasteiger partial charge on any atom is -0.378 e. The highest BCUT2D eigenvalue weighted by Crippen LogP contribution is 2.52. The average molecular weight is 493 g/mol. The number of ether oxygens (including phenoxy) is 2. The van der Waals surface area contributed by atoms with Crippen LogP contribution in [0, 0.1) is 11.3 Å². The van der Waals surface area contributed by atoms with Gasteiger partial charge in [-0.3, -0.25) is 4.99 Å². The largest absolute Gasteiger partial charge is 0.378 e. The second-order valence-corrected chi connectivity index (χ2v) is 8.88. The molecule has 3 rings (SSSR count). The Morgan fingerprint density at radius 3 is 2.63 bits per heavy atom. The SMILES string of the molecule is CN=C(NCCCCCOC1CCCCC1)NC1C2CCOC2C1(C)C.I. The van der Waals surface area contributed by atoms with E-state index in [0.717, 1.165) is 32.1 Å². The molecule has 27 heavy (non-hydrogen) atoms. The van der Waals surface area contributed by atoms with Gasteiger partial charge >= 0.3 is 0 Å². The molecule has 5 nitrogen and oxygen atoms in total. The summed E-state index contributed by atoms with van der Waals surface area (Å²) in [6.07, 6.45) is 12.3. The molecule has 2 saturated carbocycles. The number of hydrogen-bond donors (Lipinski definition) is 2. The fourth-order valence-corrected chi connectivity index (χ4v) is 5.05. The maximum absolute atomic E-state index is 6.00. The van der Waals surface area contributed by atoms with Crippen LogP contribution < -0.4 is 10.6 Å². The molecule has 3 aliphatic rings. The molecular weight excluding hydrogens is 453 g/mol. The van der Waals surface area contributed by atoms with E-state index in [-0.39, 0.29) is 29.4 Å². The number of halogens is 1. The van der Waals surface area contributed by atoms with Crippen LogP contribution in [-0.2, 0) is 9.47 Å². The van der Waals surface area contributed by atoms with Gasteiger partial charge in [-0.25, -0.2) is 0 Å². The number of rotatable bonds is 8. The van der Waals surface area contributed by atoms with Gasteiger partial charge in [0, 0.05) is 44.2 Å². The third-order valence-electron chi connectivity index (χ3n) is 6.64. The molecule has 158 valence electrons. The van der Waals surface area contributed by atoms with Crippen molar-refractivity contribution >= 4 is 29.9 Å². The van der Waals surface area contributed by atoms with Gasteiger partial charge in [-0.15, -0.1) is 24.0 Å². The Bertz CT molecular complexity index is 466. The van der Waals surface area contributed by atoms with Crippen molar-refractivity contribution in [2.75, 3.05) is 26.8 Å². The molecule has 2 aliphatic carbocycles. The number of hydrogen-bond acceptors (Lipinski definition) is 3. The zero-order valence-electron chi connectivity index (χ0n) is 17.5. The number of nitrogens with zero attached hydrogens (tertiary/aromatic N) is 1. The lowest BCUT2D eigenvalue weighted by Gasteiger charge is -2.54. The summed E-state index contributed by atoms with van der Waals surface area (Å²) >= 11 is 0. The van der Waals surface area contributed by atoms with E-state index in [1.165, 1.54) is 51.4 Å². The molecule has 1 saturated heterocycles. The topological polar surface area (TPSA) is 54.9 Å². The zero-order chi connectivity index (χ0) is 18.4. The van der Waals surface area contributed by atoms with Gasteiger partial charge in [-0.05, 0) is 38.5 Å². The molecule has 3 fully saturated rings. The maximum atomic E-state index is 6.00. The molecule has 0 aromatic rings. The van der Waals surface area contributed by atoms with Gasteiger partial charge < -0.3 is 20.1 Å². The summed E-state index contributed by atoms with van der Waals surface area (Å²) in [5, 5.41) is 7.13. The molecule has 0 radical (unpaired) electrons. The quantitative estimate of drug-likeness (QED) is 0.231. The highest BCUT2D eigenvalue weighted by Gasteiger charge is 2.59. The van der Waals surface area contributed by atoms with E-state index in [1.54, 1.807) is 0 Å². The normalized spacial score (nSPS) is 30.2. The second kappa shape index (κ2) is 11.2. The molecule has 0 aromatic heterocycles. The smallest absolute Gasteiger partial charge is 0.191 e. The maximum Gasteiger partial charge on any atom is 0.191 e. The lowest BCUT2D eigenvalue weighted by atomic mass is 9.57. The first kappa shape index (κ1) is 23.2. The first-order valence-electron chi connectivity index (χ1n) is 10.8. The van der Waals surface area contributed by atoms with Crippen LogP contribution in [0.15, 0.2) is 4.99 Å². The van der Waals surface area contributed by atoms with Gasteiger partial charge in [-0.2, -0.15) is 0 Å². The van der Waals surface area contributed by atoms with Crippen molar-refractivity contribution in [1.29, 1.82) is 0 Å². The predicted octanol–water partition coefficient (Wildman–Crippen LogP) is 4.10. The van der Waals surface area contributed by atoms with E-state index in [1.807, 2.05) is 7.05 Å². The van der Waals surface area contributed by atoms with Crippen LogP contribution >= 0.6 is 24.0 Å². The Morgan fingerprint density at radius 1 is 1.11 bits per heavy atom. The van der Waals surface area contributed by atoms with Crippen LogP contribution in [0.3, 0.4) is 0 Å². The van der Waals surface area contributed by atoms with E-state index in [9.17, 15) is 0 Å². The summed E-state index contributed by atoms with van der Waals surface area (Å²) in [4.78, 5) is 4.41. The number of aliphatic imine (C=N–C) groups is 1. The minimum atomic E-state index is 0. The van der Waals surface area contributed by atoms with Gasteiger partial charge in [-0.1, -0.05) is 33.1 Å². The van der Waals surface area contributed by atoms with E-state index < -0.39 is 0 Å². The zero-order valence-corrected chi connectivity index (χ0v) is 19.8. The first-order chi connectivity index (χ1) is 12.6. The van der Waals surface area contributed by atoms with Crippen molar-refractivity contribution in [2.24, 2.45) is 16.3 Å². The van der Waals surface area contributed by atoms with E-state index in [4.69, 9.17) is 9.47 Å². The van der Waals surface area contributed by atoms with Crippen LogP contribution in [0.25, 0.3) is 0 Å². The van der Waals surface area contributed by atoms with Crippen LogP contribution in [0.2, 0.25) is 0 Å². The van der Waals surface area contributed by atoms with E-state index in [0.29, 0.717) is 24.2 Å². The van der Waals surface area contributed by atoms with Crippen LogP contribution in [-0.4, -0.2) is 51.0 Å². The lowest BCUT2D eigenvalue weighted by molar-refractivity contribution is -0.106. The summed E-state index contributed by atoms with van der Waals surface area (Å²) in [5.74, 6) is 1.58. The highest BCUT2D eigenvalue weighted by molar-refractivity contribution is 14.0. The standard InChI is InChI=1S/C21H39N3O2.HI/c1-21(2)18(17-12-15-26-19(17)21)24-20(22-3)23-13-8-5-9-14-25-16-10-6-4-7-11-16;/h16-19H,4-15H2,1-3H3,(H2,22,23,24);1H. The Labute approximate surface area is 182 Å². The number of nitrogens with one attached hydrogen (secondary N) is 2. The first-order valence-corrected chi connectivity index (χ1v) is 10.8. The van der Waals surface area contributed by atoms with Crippen LogP contribution in [0.4, 0.5) is 0 Å². The van der Waals surface area contributed by atoms with Crippen molar-refractivity contribution in [3.05, 3.63) is 0 Å². The molecule has 3 atom stereocenters. The molecule has 1 aliphatic heterocycles. The third kappa shape index (κ3) is 5.95. The summed E-state index contributed by atoms with van der Waals surface area (Å²) in [6.45, 7) is 7.41. The molecule has 0 aromatic carbocycles. The highest BCUT2D eigenvalue weighted by atomic mass is 127. The van der Waals surface area contributed by atoms with E-state index >= 15 is 0 Å². The molecule has 3 unspecified atom stereocenters. The molecule has 0 spiro atoms. The molecular formula is C21H40IN3O2. The number of unbranched alkanes of at least 4 members (excludes halogenated alkanes) is 2. The third-order valence-corrected chi connectivity index (χ3v) is 6.64. The van der Waals surface area contributed by atoms with Crippen molar-refractivity contribution in [1.82, 2.24) is 10.6 Å². The van der Waals surface area contributed by atoms with Crippen molar-refractivity contribution in [3.63, 3.8) is 0 Å². The molecule has 1 heterocycles. The van der Waals surface area contributed by atoms with Gasteiger partial charge in [0.25, 0.3) is 0 Å². The van der Waals surface area contributed by atoms with Gasteiger partial charge in [0.1, 0.15) is 0 Å². The predicted molar refractivity (Wildman–Crippen MR) is 122 cm³/mol. The average Bonchev–Trinajstić information content (AvgIpc) is 3.11. The summed E-state index contributed by atoms with van der Waals surface area (Å²) < 4.78 is 11.9. The summed E-state index contributed by atoms with van der Waals surface area (Å²) in [7, 11) is 1.86. The molecule has 2 N–H and O–H groups in total. The van der Waals surface area contributed by atoms with Gasteiger partial charge in [0.05, 0.1) is 12.2 Å². The lowest BCUT2D eigenvalue weighted by Crippen LogP contribution is -2.67. The van der Waals surface area contributed by atoms with Crippen LogP contribution in [0.1, 0.15) is 71.6 Å². The fraction of sp³-hybridized carbons (Fsp3) is 0.952. The second-order valence-electron chi connectivity index (χ2n) is 8.88.